The highest BCUT2D eigenvalue weighted by Gasteiger charge is 2.57. The number of amides is 6. The molecule has 2 aliphatic carbocycles. The maximum atomic E-state index is 14.3. The third kappa shape index (κ3) is 19.1. The summed E-state index contributed by atoms with van der Waals surface area (Å²) in [5.41, 5.74) is -6.48. The van der Waals surface area contributed by atoms with Gasteiger partial charge in [-0.15, -0.1) is 0 Å². The van der Waals surface area contributed by atoms with E-state index in [2.05, 4.69) is 26.6 Å². The van der Waals surface area contributed by atoms with Crippen LogP contribution in [0.3, 0.4) is 0 Å². The fraction of sp³-hybridized carbons (Fsp3) is 0.852. The van der Waals surface area contributed by atoms with Gasteiger partial charge in [-0.3, -0.25) is 4.79 Å². The molecule has 0 bridgehead atoms. The normalized spacial score (nSPS) is 29.7. The van der Waals surface area contributed by atoms with Crippen molar-refractivity contribution < 1.29 is 87.1 Å². The van der Waals surface area contributed by atoms with Crippen LogP contribution in [0.1, 0.15) is 136 Å². The zero-order chi connectivity index (χ0) is 59.6. The number of nitrogens with zero attached hydrogens (tertiary/aromatic N) is 2. The standard InChI is InChI=1S/C54H93N7O18/c1-48(2,3)75-43(66)56-27-54(20-21-54)26-55-23-30-18-19-31(58-44(67)76-49(4,5)6)38(73-30)34-32(59-45(68)77-50(7,8)9)22-33(57-41(65)35(62)29-24-61(25-29)47(70)79-52(13,14)15)39(36(34)63)74-42-37(64)40(53(16,71)28-72-42)60(17)46(69)78-51(10,11)12/h18,29,31-40,42,55,62-64,71H,19-28H2,1-17H3,(H,56,66)(H,57,65)(H,58,67)(H,59,68)/t31-,32+,33-,34?,35?,36+,37-,38+,39+,40-,42-,53+/m1/s1. The fourth-order valence-electron chi connectivity index (χ4n) is 9.98. The Morgan fingerprint density at radius 1 is 0.734 bits per heavy atom. The SMILES string of the molecule is CN(C(=O)OC(C)(C)C)[C@@H]1[C@@H](O)[C@@H](O[C@H]2[C@H](NC(=O)C(O)C3CN(C(=O)OC(C)(C)C)C3)C[C@H](NC(=O)OC(C)(C)C)C([C@H]3OC(CNCC4(CNC(=O)OC(C)(C)C)CC4)=CC[C@H]3NC(=O)OC(C)(C)C)[C@@H]2O)OC[C@]1(C)O. The Labute approximate surface area is 465 Å². The molecular formula is C54H93N7O18. The first-order valence-electron chi connectivity index (χ1n) is 27.3. The molecule has 4 fully saturated rings. The van der Waals surface area contributed by atoms with Gasteiger partial charge in [0.05, 0.1) is 37.4 Å². The second kappa shape index (κ2) is 24.7. The van der Waals surface area contributed by atoms with Gasteiger partial charge in [-0.05, 0) is 143 Å². The van der Waals surface area contributed by atoms with E-state index in [0.29, 0.717) is 18.8 Å². The van der Waals surface area contributed by atoms with E-state index in [1.165, 1.54) is 18.9 Å². The lowest BCUT2D eigenvalue weighted by Crippen LogP contribution is -2.71. The molecule has 3 aliphatic heterocycles. The fourth-order valence-corrected chi connectivity index (χ4v) is 9.98. The molecule has 0 radical (unpaired) electrons. The smallest absolute Gasteiger partial charge is 0.410 e. The predicted octanol–water partition coefficient (Wildman–Crippen LogP) is 3.52. The summed E-state index contributed by atoms with van der Waals surface area (Å²) < 4.78 is 47.2. The number of likely N-dealkylation sites (tertiary alicyclic amines) is 1. The number of nitrogens with one attached hydrogen (secondary N) is 5. The first-order valence-corrected chi connectivity index (χ1v) is 27.3. The monoisotopic (exact) mass is 1130 g/mol. The summed E-state index contributed by atoms with van der Waals surface area (Å²) in [6, 6.07) is -4.87. The van der Waals surface area contributed by atoms with Crippen LogP contribution in [0.25, 0.3) is 0 Å². The third-order valence-electron chi connectivity index (χ3n) is 13.7. The first-order chi connectivity index (χ1) is 36.0. The molecule has 2 saturated heterocycles. The second-order valence-electron chi connectivity index (χ2n) is 27.1. The molecule has 6 amide bonds. The Balaban J connectivity index is 1.52. The molecule has 12 atom stereocenters. The molecule has 2 saturated carbocycles. The summed E-state index contributed by atoms with van der Waals surface area (Å²) in [4.78, 5) is 83.0. The molecule has 5 aliphatic rings. The molecule has 9 N–H and O–H groups in total. The van der Waals surface area contributed by atoms with E-state index in [-0.39, 0.29) is 37.9 Å². The van der Waals surface area contributed by atoms with Crippen molar-refractivity contribution in [3.8, 4) is 0 Å². The van der Waals surface area contributed by atoms with E-state index in [9.17, 15) is 49.2 Å². The Hall–Kier alpha value is -4.92. The molecule has 79 heavy (non-hydrogen) atoms. The number of carbonyl (C=O) groups is 6. The van der Waals surface area contributed by atoms with Gasteiger partial charge < -0.3 is 94.7 Å². The van der Waals surface area contributed by atoms with Gasteiger partial charge in [-0.1, -0.05) is 0 Å². The van der Waals surface area contributed by atoms with Crippen LogP contribution in [-0.2, 0) is 42.7 Å². The third-order valence-corrected chi connectivity index (χ3v) is 13.7. The van der Waals surface area contributed by atoms with Crippen molar-refractivity contribution in [1.82, 2.24) is 36.4 Å². The number of aliphatic hydroxyl groups is 4. The molecule has 2 unspecified atom stereocenters. The minimum absolute atomic E-state index is 0.0179. The number of likely N-dealkylation sites (N-methyl/N-ethyl adjacent to an activating group) is 1. The lowest BCUT2D eigenvalue weighted by atomic mass is 9.72. The summed E-state index contributed by atoms with van der Waals surface area (Å²) in [6.07, 6.45) is -10.3. The Morgan fingerprint density at radius 3 is 1.80 bits per heavy atom. The molecule has 0 spiro atoms. The van der Waals surface area contributed by atoms with Gasteiger partial charge >= 0.3 is 30.5 Å². The average Bonchev–Trinajstić information content (AvgIpc) is 4.01. The van der Waals surface area contributed by atoms with Crippen LogP contribution in [0.2, 0.25) is 0 Å². The van der Waals surface area contributed by atoms with Gasteiger partial charge in [0.15, 0.2) is 6.29 Å². The van der Waals surface area contributed by atoms with Crippen LogP contribution in [0, 0.1) is 17.3 Å². The van der Waals surface area contributed by atoms with Crippen LogP contribution in [-0.4, -0.2) is 208 Å². The highest BCUT2D eigenvalue weighted by atomic mass is 16.7. The van der Waals surface area contributed by atoms with Gasteiger partial charge in [0.25, 0.3) is 0 Å². The van der Waals surface area contributed by atoms with Crippen LogP contribution in [0.5, 0.6) is 0 Å². The van der Waals surface area contributed by atoms with Crippen molar-refractivity contribution >= 4 is 36.4 Å². The van der Waals surface area contributed by atoms with Crippen LogP contribution < -0.4 is 26.6 Å². The number of hydrogen-bond acceptors (Lipinski definition) is 19. The van der Waals surface area contributed by atoms with Crippen LogP contribution in [0.15, 0.2) is 11.8 Å². The highest BCUT2D eigenvalue weighted by Crippen LogP contribution is 2.45. The number of hydrogen-bond donors (Lipinski definition) is 9. The Bertz CT molecular complexity index is 2180. The quantitative estimate of drug-likeness (QED) is 0.106. The average molecular weight is 1130 g/mol. The molecule has 25 nitrogen and oxygen atoms in total. The summed E-state index contributed by atoms with van der Waals surface area (Å²) in [6.45, 7) is 27.3. The second-order valence-corrected chi connectivity index (χ2v) is 27.1. The van der Waals surface area contributed by atoms with Gasteiger partial charge in [0.1, 0.15) is 63.8 Å². The van der Waals surface area contributed by atoms with Crippen molar-refractivity contribution in [3.05, 3.63) is 11.8 Å². The van der Waals surface area contributed by atoms with Crippen molar-refractivity contribution in [2.24, 2.45) is 17.3 Å². The van der Waals surface area contributed by atoms with E-state index in [0.717, 1.165) is 17.7 Å². The zero-order valence-corrected chi connectivity index (χ0v) is 49.5. The van der Waals surface area contributed by atoms with Gasteiger partial charge in [0.2, 0.25) is 5.91 Å². The van der Waals surface area contributed by atoms with E-state index in [1.54, 1.807) is 110 Å². The first kappa shape index (κ1) is 64.9. The molecule has 0 aromatic heterocycles. The predicted molar refractivity (Wildman–Crippen MR) is 285 cm³/mol. The number of alkyl carbamates (subject to hydrolysis) is 3. The molecule has 25 heteroatoms. The Kier molecular flexibility index (Phi) is 20.3. The van der Waals surface area contributed by atoms with Gasteiger partial charge in [-0.2, -0.15) is 0 Å². The largest absolute Gasteiger partial charge is 0.491 e. The minimum atomic E-state index is -1.88. The topological polar surface area (TPSA) is 324 Å². The van der Waals surface area contributed by atoms with Crippen molar-refractivity contribution in [1.29, 1.82) is 0 Å². The van der Waals surface area contributed by atoms with Crippen LogP contribution >= 0.6 is 0 Å². The maximum absolute atomic E-state index is 14.3. The molecular weight excluding hydrogens is 1030 g/mol. The van der Waals surface area contributed by atoms with Gasteiger partial charge in [-0.25, -0.2) is 24.0 Å². The van der Waals surface area contributed by atoms with Crippen LogP contribution in [0.4, 0.5) is 24.0 Å². The molecule has 5 rings (SSSR count). The van der Waals surface area contributed by atoms with Gasteiger partial charge in [0, 0.05) is 56.5 Å². The number of rotatable bonds is 15. The highest BCUT2D eigenvalue weighted by molar-refractivity contribution is 5.82. The summed E-state index contributed by atoms with van der Waals surface area (Å²) >= 11 is 0. The van der Waals surface area contributed by atoms with Crippen molar-refractivity contribution in [2.45, 2.75) is 231 Å². The lowest BCUT2D eigenvalue weighted by Gasteiger charge is -2.52. The number of carbonyl (C=O) groups excluding carboxylic acids is 6. The molecule has 0 aromatic carbocycles. The maximum Gasteiger partial charge on any atom is 0.410 e. The Morgan fingerprint density at radius 2 is 1.27 bits per heavy atom. The summed E-state index contributed by atoms with van der Waals surface area (Å²) in [7, 11) is 1.33. The van der Waals surface area contributed by atoms with E-state index in [4.69, 9.17) is 37.9 Å². The van der Waals surface area contributed by atoms with Crippen molar-refractivity contribution in [2.75, 3.05) is 46.4 Å². The minimum Gasteiger partial charge on any atom is -0.491 e. The van der Waals surface area contributed by atoms with E-state index < -0.39 is 149 Å². The summed E-state index contributed by atoms with van der Waals surface area (Å²) in [5.74, 6) is -2.51. The molecule has 3 heterocycles. The molecule has 452 valence electrons. The number of aliphatic hydroxyl groups excluding tert-OH is 3. The van der Waals surface area contributed by atoms with E-state index in [1.807, 2.05) is 0 Å². The molecule has 0 aromatic rings. The van der Waals surface area contributed by atoms with Crippen molar-refractivity contribution in [3.63, 3.8) is 0 Å². The summed E-state index contributed by atoms with van der Waals surface area (Å²) in [5, 5.41) is 63.2. The number of ether oxygens (including phenoxy) is 8. The van der Waals surface area contributed by atoms with E-state index >= 15 is 0 Å². The lowest BCUT2D eigenvalue weighted by molar-refractivity contribution is -0.306. The zero-order valence-electron chi connectivity index (χ0n) is 49.5.